The summed E-state index contributed by atoms with van der Waals surface area (Å²) in [6.45, 7) is 0. The van der Waals surface area contributed by atoms with E-state index in [-0.39, 0.29) is 5.78 Å². The first-order chi connectivity index (χ1) is 10.0. The molecular weight excluding hydrogens is 621 g/mol. The normalized spacial score (nSPS) is 11.0. The summed E-state index contributed by atoms with van der Waals surface area (Å²) in [6, 6.07) is 11.8. The van der Waals surface area contributed by atoms with Crippen LogP contribution in [0.15, 0.2) is 47.4 Å². The first kappa shape index (κ1) is 17.7. The lowest BCUT2D eigenvalue weighted by Crippen LogP contribution is -1.94. The summed E-state index contributed by atoms with van der Waals surface area (Å²) in [6.07, 6.45) is 5.57. The van der Waals surface area contributed by atoms with Gasteiger partial charge in [-0.15, -0.1) is 11.8 Å². The number of benzene rings is 2. The van der Waals surface area contributed by atoms with Crippen molar-refractivity contribution < 1.29 is 4.79 Å². The summed E-state index contributed by atoms with van der Waals surface area (Å²) in [5, 5.41) is 0. The summed E-state index contributed by atoms with van der Waals surface area (Å²) in [5.41, 5.74) is 1.80. The zero-order chi connectivity index (χ0) is 15.4. The van der Waals surface area contributed by atoms with Crippen LogP contribution in [0.25, 0.3) is 6.08 Å². The van der Waals surface area contributed by atoms with Crippen LogP contribution in [0, 0.1) is 10.7 Å². The molecule has 0 aliphatic rings. The number of carbonyl (C=O) groups is 1. The molecule has 5 heteroatoms. The number of carbonyl (C=O) groups excluding carboxylic acids is 1. The van der Waals surface area contributed by atoms with Gasteiger partial charge >= 0.3 is 0 Å². The van der Waals surface area contributed by atoms with Crippen LogP contribution in [0.1, 0.15) is 15.9 Å². The van der Waals surface area contributed by atoms with Crippen LogP contribution in [0.2, 0.25) is 0 Å². The molecule has 0 radical (unpaired) electrons. The van der Waals surface area contributed by atoms with E-state index in [1.165, 1.54) is 10.7 Å². The summed E-state index contributed by atoms with van der Waals surface area (Å²) in [4.78, 5) is 13.3. The van der Waals surface area contributed by atoms with Gasteiger partial charge in [0.1, 0.15) is 0 Å². The maximum absolute atomic E-state index is 12.2. The quantitative estimate of drug-likeness (QED) is 0.133. The van der Waals surface area contributed by atoms with Crippen molar-refractivity contribution in [2.75, 3.05) is 6.26 Å². The average Bonchev–Trinajstić information content (AvgIpc) is 2.52. The van der Waals surface area contributed by atoms with Gasteiger partial charge in [0.05, 0.1) is 0 Å². The lowest BCUT2D eigenvalue weighted by molar-refractivity contribution is 0.104. The van der Waals surface area contributed by atoms with Gasteiger partial charge in [0.25, 0.3) is 0 Å². The molecule has 0 heterocycles. The van der Waals surface area contributed by atoms with Gasteiger partial charge in [-0.3, -0.25) is 4.79 Å². The molecule has 21 heavy (non-hydrogen) atoms. The van der Waals surface area contributed by atoms with Gasteiger partial charge in [-0.1, -0.05) is 6.07 Å². The third kappa shape index (κ3) is 4.68. The summed E-state index contributed by atoms with van der Waals surface area (Å²) in [7, 11) is 0. The van der Waals surface area contributed by atoms with Crippen molar-refractivity contribution in [3.05, 3.63) is 64.3 Å². The molecule has 0 bridgehead atoms. The van der Waals surface area contributed by atoms with E-state index in [4.69, 9.17) is 0 Å². The number of thioether (sulfide) groups is 1. The highest BCUT2D eigenvalue weighted by Gasteiger charge is 2.06. The Morgan fingerprint density at radius 2 is 1.67 bits per heavy atom. The predicted molar refractivity (Wildman–Crippen MR) is 116 cm³/mol. The summed E-state index contributed by atoms with van der Waals surface area (Å²) in [5.74, 6) is 0.0343. The topological polar surface area (TPSA) is 17.1 Å². The molecule has 0 saturated heterocycles. The fraction of sp³-hybridized carbons (Fsp3) is 0.0625. The first-order valence-electron chi connectivity index (χ1n) is 6.03. The number of ketones is 1. The zero-order valence-electron chi connectivity index (χ0n) is 11.1. The van der Waals surface area contributed by atoms with Crippen molar-refractivity contribution in [1.82, 2.24) is 0 Å². The van der Waals surface area contributed by atoms with E-state index in [2.05, 4.69) is 73.8 Å². The van der Waals surface area contributed by atoms with Crippen LogP contribution in [-0.2, 0) is 0 Å². The Labute approximate surface area is 169 Å². The van der Waals surface area contributed by atoms with Crippen molar-refractivity contribution in [2.45, 2.75) is 4.90 Å². The number of hydrogen-bond donors (Lipinski definition) is 0. The molecule has 0 spiro atoms. The van der Waals surface area contributed by atoms with E-state index in [0.29, 0.717) is 0 Å². The molecule has 0 aromatic heterocycles. The molecule has 0 amide bonds. The van der Waals surface area contributed by atoms with Gasteiger partial charge in [-0.25, -0.2) is 0 Å². The molecule has 0 aliphatic heterocycles. The molecule has 2 aromatic carbocycles. The highest BCUT2D eigenvalue weighted by atomic mass is 127. The largest absolute Gasteiger partial charge is 0.289 e. The molecule has 0 saturated carbocycles. The van der Waals surface area contributed by atoms with Gasteiger partial charge in [0.2, 0.25) is 0 Å². The van der Waals surface area contributed by atoms with Crippen molar-refractivity contribution >= 4 is 91.4 Å². The van der Waals surface area contributed by atoms with Gasteiger partial charge in [-0.05, 0) is 122 Å². The van der Waals surface area contributed by atoms with Gasteiger partial charge in [0, 0.05) is 21.2 Å². The Balaban J connectivity index is 2.20. The minimum atomic E-state index is 0.0343. The SMILES string of the molecule is CSc1ccc(C(=O)C=Cc2ccc(I)c(I)c2I)cc1. The zero-order valence-corrected chi connectivity index (χ0v) is 18.4. The Bertz CT molecular complexity index is 693. The van der Waals surface area contributed by atoms with Crippen LogP contribution < -0.4 is 0 Å². The van der Waals surface area contributed by atoms with Crippen LogP contribution in [0.3, 0.4) is 0 Å². The molecule has 2 rings (SSSR count). The second-order valence-electron chi connectivity index (χ2n) is 4.19. The van der Waals surface area contributed by atoms with Crippen molar-refractivity contribution in [3.8, 4) is 0 Å². The third-order valence-electron chi connectivity index (χ3n) is 2.85. The van der Waals surface area contributed by atoms with E-state index in [1.807, 2.05) is 42.7 Å². The molecule has 0 atom stereocenters. The van der Waals surface area contributed by atoms with Crippen molar-refractivity contribution in [2.24, 2.45) is 0 Å². The molecule has 2 aromatic rings. The minimum Gasteiger partial charge on any atom is -0.289 e. The molecule has 0 unspecified atom stereocenters. The van der Waals surface area contributed by atoms with Crippen LogP contribution >= 0.6 is 79.5 Å². The van der Waals surface area contributed by atoms with Crippen molar-refractivity contribution in [3.63, 3.8) is 0 Å². The molecule has 1 nitrogen and oxygen atoms in total. The summed E-state index contributed by atoms with van der Waals surface area (Å²) >= 11 is 8.65. The fourth-order valence-electron chi connectivity index (χ4n) is 1.69. The maximum Gasteiger partial charge on any atom is 0.185 e. The summed E-state index contributed by atoms with van der Waals surface area (Å²) < 4.78 is 3.64. The van der Waals surface area contributed by atoms with Gasteiger partial charge in [0.15, 0.2) is 5.78 Å². The Morgan fingerprint density at radius 3 is 2.29 bits per heavy atom. The van der Waals surface area contributed by atoms with E-state index in [0.717, 1.165) is 16.0 Å². The lowest BCUT2D eigenvalue weighted by atomic mass is 10.1. The second-order valence-corrected chi connectivity index (χ2v) is 8.39. The third-order valence-corrected chi connectivity index (χ3v) is 8.84. The first-order valence-corrected chi connectivity index (χ1v) is 10.5. The number of halogens is 3. The standard InChI is InChI=1S/C16H11I3OS/c1-21-12-6-2-10(3-7-12)14(20)9-5-11-4-8-13(17)16(19)15(11)18/h2-9H,1H3. The number of allylic oxidation sites excluding steroid dienone is 1. The van der Waals surface area contributed by atoms with E-state index in [9.17, 15) is 4.79 Å². The molecule has 0 N–H and O–H groups in total. The lowest BCUT2D eigenvalue weighted by Gasteiger charge is -2.04. The van der Waals surface area contributed by atoms with Crippen LogP contribution in [0.5, 0.6) is 0 Å². The highest BCUT2D eigenvalue weighted by Crippen LogP contribution is 2.25. The van der Waals surface area contributed by atoms with Crippen molar-refractivity contribution in [1.29, 1.82) is 0 Å². The monoisotopic (exact) mass is 632 g/mol. The van der Waals surface area contributed by atoms with Gasteiger partial charge in [-0.2, -0.15) is 0 Å². The Morgan fingerprint density at radius 1 is 1.00 bits per heavy atom. The second kappa shape index (κ2) is 8.30. The van der Waals surface area contributed by atoms with E-state index < -0.39 is 0 Å². The predicted octanol–water partition coefficient (Wildman–Crippen LogP) is 6.12. The highest BCUT2D eigenvalue weighted by molar-refractivity contribution is 14.1. The number of rotatable bonds is 4. The van der Waals surface area contributed by atoms with Crippen LogP contribution in [-0.4, -0.2) is 12.0 Å². The number of hydrogen-bond acceptors (Lipinski definition) is 2. The molecule has 108 valence electrons. The fourth-order valence-corrected chi connectivity index (χ4v) is 4.20. The van der Waals surface area contributed by atoms with Gasteiger partial charge < -0.3 is 0 Å². The smallest absolute Gasteiger partial charge is 0.185 e. The molecule has 0 aliphatic carbocycles. The Kier molecular flexibility index (Phi) is 7.01. The minimum absolute atomic E-state index is 0.0343. The Hall–Kier alpha value is 0.390. The maximum atomic E-state index is 12.2. The van der Waals surface area contributed by atoms with E-state index >= 15 is 0 Å². The molecule has 0 fully saturated rings. The van der Waals surface area contributed by atoms with Crippen LogP contribution in [0.4, 0.5) is 0 Å². The molecular formula is C16H11I3OS. The average molecular weight is 632 g/mol. The van der Waals surface area contributed by atoms with E-state index in [1.54, 1.807) is 17.8 Å².